The first-order valence-electron chi connectivity index (χ1n) is 10.8. The third-order valence-corrected chi connectivity index (χ3v) is 8.86. The summed E-state index contributed by atoms with van der Waals surface area (Å²) in [5.74, 6) is -0.122. The summed E-state index contributed by atoms with van der Waals surface area (Å²) in [7, 11) is -3.64. The van der Waals surface area contributed by atoms with Crippen LogP contribution in [0.1, 0.15) is 42.8 Å². The van der Waals surface area contributed by atoms with Crippen LogP contribution < -0.4 is 0 Å². The van der Waals surface area contributed by atoms with Gasteiger partial charge in [-0.2, -0.15) is 4.31 Å². The van der Waals surface area contributed by atoms with E-state index in [4.69, 9.17) is 0 Å². The monoisotopic (exact) mass is 456 g/mol. The molecule has 0 aromatic carbocycles. The maximum Gasteiger partial charge on any atom is 0.265 e. The largest absolute Gasteiger partial charge is 0.342 e. The molecular weight excluding hydrogens is 424 g/mol. The first-order chi connectivity index (χ1) is 14.4. The zero-order valence-electron chi connectivity index (χ0n) is 17.9. The second-order valence-electron chi connectivity index (χ2n) is 7.71. The summed E-state index contributed by atoms with van der Waals surface area (Å²) in [4.78, 5) is 31.4. The number of piperidine rings is 1. The zero-order valence-corrected chi connectivity index (χ0v) is 19.5. The van der Waals surface area contributed by atoms with Crippen molar-refractivity contribution in [1.82, 2.24) is 19.0 Å². The van der Waals surface area contributed by atoms with Crippen molar-refractivity contribution in [2.24, 2.45) is 0 Å². The molecule has 3 heterocycles. The van der Waals surface area contributed by atoms with Crippen LogP contribution in [0.25, 0.3) is 0 Å². The number of nitrogens with zero attached hydrogens (tertiary/aromatic N) is 4. The van der Waals surface area contributed by atoms with E-state index in [1.54, 1.807) is 21.2 Å². The number of rotatable bonds is 7. The smallest absolute Gasteiger partial charge is 0.265 e. The number of amides is 2. The standard InChI is InChI=1S/C20H32N4O4S2/c1-3-22(4-2)18(25)16-21-11-13-23(14-12-21)20(26)19-17(8-15-29-19)30(27,28)24-9-6-5-7-10-24/h8,15H,3-7,9-14,16H2,1-2H3. The number of hydrogen-bond donors (Lipinski definition) is 0. The Balaban J connectivity index is 1.63. The van der Waals surface area contributed by atoms with Gasteiger partial charge >= 0.3 is 0 Å². The third-order valence-electron chi connectivity index (χ3n) is 5.89. The second-order valence-corrected chi connectivity index (χ2v) is 10.5. The molecule has 0 N–H and O–H groups in total. The van der Waals surface area contributed by atoms with Gasteiger partial charge in [0.2, 0.25) is 15.9 Å². The van der Waals surface area contributed by atoms with E-state index in [0.29, 0.717) is 63.8 Å². The minimum atomic E-state index is -3.64. The maximum absolute atomic E-state index is 13.1. The molecule has 168 valence electrons. The van der Waals surface area contributed by atoms with Gasteiger partial charge in [0, 0.05) is 52.4 Å². The highest BCUT2D eigenvalue weighted by Crippen LogP contribution is 2.28. The highest BCUT2D eigenvalue weighted by molar-refractivity contribution is 7.89. The van der Waals surface area contributed by atoms with Gasteiger partial charge in [-0.3, -0.25) is 14.5 Å². The van der Waals surface area contributed by atoms with Crippen LogP contribution in [0.15, 0.2) is 16.3 Å². The molecule has 3 rings (SSSR count). The summed E-state index contributed by atoms with van der Waals surface area (Å²) in [5.41, 5.74) is 0. The molecule has 0 saturated carbocycles. The summed E-state index contributed by atoms with van der Waals surface area (Å²) in [6, 6.07) is 1.56. The van der Waals surface area contributed by atoms with E-state index in [-0.39, 0.29) is 16.7 Å². The molecule has 2 saturated heterocycles. The number of sulfonamides is 1. The van der Waals surface area contributed by atoms with E-state index >= 15 is 0 Å². The highest BCUT2D eigenvalue weighted by atomic mass is 32.2. The molecule has 0 atom stereocenters. The summed E-state index contributed by atoms with van der Waals surface area (Å²) in [6.45, 7) is 8.92. The lowest BCUT2D eigenvalue weighted by molar-refractivity contribution is -0.132. The molecule has 0 aliphatic carbocycles. The van der Waals surface area contributed by atoms with Crippen molar-refractivity contribution >= 4 is 33.2 Å². The number of carbonyl (C=O) groups excluding carboxylic acids is 2. The van der Waals surface area contributed by atoms with Crippen LogP contribution >= 0.6 is 11.3 Å². The van der Waals surface area contributed by atoms with Gasteiger partial charge in [0.25, 0.3) is 5.91 Å². The molecule has 2 aliphatic heterocycles. The quantitative estimate of drug-likeness (QED) is 0.622. The SMILES string of the molecule is CCN(CC)C(=O)CN1CCN(C(=O)c2sccc2S(=O)(=O)N2CCCCC2)CC1. The number of thiophene rings is 1. The Hall–Kier alpha value is -1.49. The van der Waals surface area contributed by atoms with Crippen molar-refractivity contribution in [1.29, 1.82) is 0 Å². The minimum Gasteiger partial charge on any atom is -0.342 e. The van der Waals surface area contributed by atoms with Gasteiger partial charge in [0.05, 0.1) is 6.54 Å². The Morgan fingerprint density at radius 1 is 1.00 bits per heavy atom. The van der Waals surface area contributed by atoms with Gasteiger partial charge in [0.15, 0.2) is 0 Å². The Bertz CT molecular complexity index is 837. The molecule has 10 heteroatoms. The average molecular weight is 457 g/mol. The fourth-order valence-electron chi connectivity index (χ4n) is 4.02. The van der Waals surface area contributed by atoms with Gasteiger partial charge in [-0.15, -0.1) is 11.3 Å². The van der Waals surface area contributed by atoms with Gasteiger partial charge in [-0.1, -0.05) is 6.42 Å². The van der Waals surface area contributed by atoms with Gasteiger partial charge in [-0.05, 0) is 38.1 Å². The lowest BCUT2D eigenvalue weighted by atomic mass is 10.2. The molecule has 8 nitrogen and oxygen atoms in total. The van der Waals surface area contributed by atoms with Crippen LogP contribution in [0, 0.1) is 0 Å². The summed E-state index contributed by atoms with van der Waals surface area (Å²) < 4.78 is 27.6. The predicted molar refractivity (Wildman–Crippen MR) is 117 cm³/mol. The van der Waals surface area contributed by atoms with Crippen LogP contribution in [0.3, 0.4) is 0 Å². The van der Waals surface area contributed by atoms with E-state index in [0.717, 1.165) is 19.3 Å². The van der Waals surface area contributed by atoms with Crippen molar-refractivity contribution < 1.29 is 18.0 Å². The van der Waals surface area contributed by atoms with Crippen molar-refractivity contribution in [3.05, 3.63) is 16.3 Å². The zero-order chi connectivity index (χ0) is 21.7. The molecule has 0 radical (unpaired) electrons. The first-order valence-corrected chi connectivity index (χ1v) is 13.1. The molecule has 2 amide bonds. The Kier molecular flexibility index (Phi) is 7.89. The van der Waals surface area contributed by atoms with E-state index in [2.05, 4.69) is 4.90 Å². The van der Waals surface area contributed by atoms with Crippen molar-refractivity contribution in [3.8, 4) is 0 Å². The fourth-order valence-corrected chi connectivity index (χ4v) is 6.90. The van der Waals surface area contributed by atoms with Crippen molar-refractivity contribution in [2.75, 3.05) is 58.9 Å². The Morgan fingerprint density at radius 3 is 2.23 bits per heavy atom. The Morgan fingerprint density at radius 2 is 1.63 bits per heavy atom. The van der Waals surface area contributed by atoms with E-state index in [1.165, 1.54) is 15.6 Å². The molecule has 2 fully saturated rings. The molecule has 0 unspecified atom stereocenters. The summed E-state index contributed by atoms with van der Waals surface area (Å²) in [5, 5.41) is 1.68. The average Bonchev–Trinajstić information content (AvgIpc) is 3.26. The number of hydrogen-bond acceptors (Lipinski definition) is 6. The number of likely N-dealkylation sites (N-methyl/N-ethyl adjacent to an activating group) is 1. The third kappa shape index (κ3) is 5.04. The molecule has 1 aromatic heterocycles. The number of piperazine rings is 1. The molecule has 1 aromatic rings. The van der Waals surface area contributed by atoms with E-state index in [1.807, 2.05) is 13.8 Å². The molecule has 30 heavy (non-hydrogen) atoms. The molecular formula is C20H32N4O4S2. The van der Waals surface area contributed by atoms with Crippen LogP contribution in [0.4, 0.5) is 0 Å². The molecule has 0 bridgehead atoms. The Labute approximate surface area is 183 Å². The molecule has 2 aliphatic rings. The summed E-state index contributed by atoms with van der Waals surface area (Å²) >= 11 is 1.19. The van der Waals surface area contributed by atoms with E-state index in [9.17, 15) is 18.0 Å². The summed E-state index contributed by atoms with van der Waals surface area (Å²) in [6.07, 6.45) is 2.77. The lowest BCUT2D eigenvalue weighted by Crippen LogP contribution is -2.51. The predicted octanol–water partition coefficient (Wildman–Crippen LogP) is 1.55. The minimum absolute atomic E-state index is 0.105. The first kappa shape index (κ1) is 23.2. The van der Waals surface area contributed by atoms with Crippen LogP contribution in [0.2, 0.25) is 0 Å². The van der Waals surface area contributed by atoms with Crippen LogP contribution in [-0.2, 0) is 14.8 Å². The lowest BCUT2D eigenvalue weighted by Gasteiger charge is -2.35. The van der Waals surface area contributed by atoms with Gasteiger partial charge < -0.3 is 9.80 Å². The molecule has 0 spiro atoms. The highest BCUT2D eigenvalue weighted by Gasteiger charge is 2.33. The van der Waals surface area contributed by atoms with E-state index < -0.39 is 10.0 Å². The number of carbonyl (C=O) groups is 2. The maximum atomic E-state index is 13.1. The second kappa shape index (κ2) is 10.2. The normalized spacial score (nSPS) is 19.1. The van der Waals surface area contributed by atoms with Crippen molar-refractivity contribution in [2.45, 2.75) is 38.0 Å². The van der Waals surface area contributed by atoms with Gasteiger partial charge in [0.1, 0.15) is 9.77 Å². The van der Waals surface area contributed by atoms with Crippen LogP contribution in [0.5, 0.6) is 0 Å². The van der Waals surface area contributed by atoms with Crippen molar-refractivity contribution in [3.63, 3.8) is 0 Å². The fraction of sp³-hybridized carbons (Fsp3) is 0.700. The van der Waals surface area contributed by atoms with Crippen LogP contribution in [-0.4, -0.2) is 98.1 Å². The topological polar surface area (TPSA) is 81.2 Å². The van der Waals surface area contributed by atoms with Gasteiger partial charge in [-0.25, -0.2) is 8.42 Å².